The third kappa shape index (κ3) is 5.30. The number of nitrogens with zero attached hydrogens (tertiary/aromatic N) is 2. The van der Waals surface area contributed by atoms with E-state index in [1.54, 1.807) is 6.07 Å². The maximum absolute atomic E-state index is 12.1. The predicted octanol–water partition coefficient (Wildman–Crippen LogP) is 2.70. The van der Waals surface area contributed by atoms with Crippen LogP contribution in [0.4, 0.5) is 5.69 Å². The van der Waals surface area contributed by atoms with Crippen molar-refractivity contribution in [1.29, 1.82) is 0 Å². The summed E-state index contributed by atoms with van der Waals surface area (Å²) in [6.07, 6.45) is 2.61. The first-order chi connectivity index (χ1) is 10.2. The Morgan fingerprint density at radius 3 is 2.71 bits per heavy atom. The first-order valence-corrected chi connectivity index (χ1v) is 8.06. The Labute approximate surface area is 132 Å². The van der Waals surface area contributed by atoms with Crippen LogP contribution >= 0.6 is 11.6 Å². The van der Waals surface area contributed by atoms with E-state index in [1.165, 1.54) is 25.9 Å². The van der Waals surface area contributed by atoms with Crippen molar-refractivity contribution in [2.75, 3.05) is 44.6 Å². The zero-order chi connectivity index (χ0) is 15.1. The highest BCUT2D eigenvalue weighted by molar-refractivity contribution is 6.33. The van der Waals surface area contributed by atoms with Gasteiger partial charge in [0.05, 0.1) is 17.3 Å². The molecule has 0 aromatic heterocycles. The van der Waals surface area contributed by atoms with Crippen molar-refractivity contribution in [1.82, 2.24) is 9.80 Å². The number of anilines is 1. The minimum absolute atomic E-state index is 0.00799. The molecular weight excluding hydrogens is 286 g/mol. The number of carbonyl (C=O) groups excluding carboxylic acids is 1. The summed E-state index contributed by atoms with van der Waals surface area (Å²) in [6.45, 7) is 7.76. The van der Waals surface area contributed by atoms with E-state index in [-0.39, 0.29) is 5.91 Å². The number of nitrogens with one attached hydrogen (secondary N) is 1. The van der Waals surface area contributed by atoms with E-state index in [2.05, 4.69) is 22.0 Å². The molecule has 0 bridgehead atoms. The molecule has 0 unspecified atom stereocenters. The van der Waals surface area contributed by atoms with Crippen LogP contribution in [0.5, 0.6) is 0 Å². The van der Waals surface area contributed by atoms with Gasteiger partial charge in [-0.2, -0.15) is 0 Å². The first kappa shape index (κ1) is 16.3. The van der Waals surface area contributed by atoms with Gasteiger partial charge in [-0.15, -0.1) is 0 Å². The molecule has 0 spiro atoms. The van der Waals surface area contributed by atoms with Crippen LogP contribution in [0.25, 0.3) is 0 Å². The lowest BCUT2D eigenvalue weighted by Crippen LogP contribution is -2.38. The Kier molecular flexibility index (Phi) is 6.49. The Bertz CT molecular complexity index is 461. The van der Waals surface area contributed by atoms with Crippen molar-refractivity contribution in [3.63, 3.8) is 0 Å². The fourth-order valence-corrected chi connectivity index (χ4v) is 2.78. The van der Waals surface area contributed by atoms with Gasteiger partial charge in [0.2, 0.25) is 5.91 Å². The number of hydrogen-bond acceptors (Lipinski definition) is 3. The van der Waals surface area contributed by atoms with Gasteiger partial charge in [0, 0.05) is 13.1 Å². The second-order valence-corrected chi connectivity index (χ2v) is 5.85. The molecule has 1 amide bonds. The molecule has 1 aliphatic rings. The van der Waals surface area contributed by atoms with Crippen molar-refractivity contribution in [3.8, 4) is 0 Å². The van der Waals surface area contributed by atoms with Crippen molar-refractivity contribution >= 4 is 23.2 Å². The van der Waals surface area contributed by atoms with Crippen LogP contribution in [0, 0.1) is 0 Å². The van der Waals surface area contributed by atoms with Gasteiger partial charge >= 0.3 is 0 Å². The smallest absolute Gasteiger partial charge is 0.238 e. The van der Waals surface area contributed by atoms with Gasteiger partial charge in [-0.05, 0) is 44.6 Å². The van der Waals surface area contributed by atoms with Gasteiger partial charge in [-0.3, -0.25) is 9.69 Å². The van der Waals surface area contributed by atoms with E-state index in [9.17, 15) is 4.79 Å². The first-order valence-electron chi connectivity index (χ1n) is 7.68. The summed E-state index contributed by atoms with van der Waals surface area (Å²) >= 11 is 6.05. The second kappa shape index (κ2) is 8.37. The van der Waals surface area contributed by atoms with Crippen LogP contribution in [-0.2, 0) is 4.79 Å². The summed E-state index contributed by atoms with van der Waals surface area (Å²) in [5.41, 5.74) is 0.680. The Hall–Kier alpha value is -1.10. The van der Waals surface area contributed by atoms with E-state index in [4.69, 9.17) is 11.6 Å². The molecule has 21 heavy (non-hydrogen) atoms. The summed E-state index contributed by atoms with van der Waals surface area (Å²) in [5.74, 6) is -0.00799. The zero-order valence-corrected chi connectivity index (χ0v) is 13.4. The van der Waals surface area contributed by atoms with Crippen LogP contribution in [0.3, 0.4) is 0 Å². The van der Waals surface area contributed by atoms with E-state index in [0.29, 0.717) is 17.3 Å². The van der Waals surface area contributed by atoms with Crippen LogP contribution < -0.4 is 5.32 Å². The lowest BCUT2D eigenvalue weighted by atomic mass is 10.3. The van der Waals surface area contributed by atoms with Gasteiger partial charge in [0.15, 0.2) is 0 Å². The van der Waals surface area contributed by atoms with Gasteiger partial charge in [-0.1, -0.05) is 30.7 Å². The number of likely N-dealkylation sites (N-methyl/N-ethyl adjacent to an activating group) is 1. The van der Waals surface area contributed by atoms with Crippen molar-refractivity contribution < 1.29 is 4.79 Å². The fraction of sp³-hybridized carbons (Fsp3) is 0.562. The lowest BCUT2D eigenvalue weighted by molar-refractivity contribution is -0.117. The van der Waals surface area contributed by atoms with Gasteiger partial charge in [-0.25, -0.2) is 0 Å². The van der Waals surface area contributed by atoms with E-state index in [0.717, 1.165) is 19.6 Å². The summed E-state index contributed by atoms with van der Waals surface area (Å²) < 4.78 is 0. The largest absolute Gasteiger partial charge is 0.324 e. The number of benzene rings is 1. The number of para-hydroxylation sites is 1. The van der Waals surface area contributed by atoms with Crippen LogP contribution in [-0.4, -0.2) is 55.0 Å². The van der Waals surface area contributed by atoms with Gasteiger partial charge < -0.3 is 10.2 Å². The number of rotatable bonds is 7. The van der Waals surface area contributed by atoms with Crippen molar-refractivity contribution in [2.45, 2.75) is 19.8 Å². The predicted molar refractivity (Wildman–Crippen MR) is 87.9 cm³/mol. The third-order valence-corrected chi connectivity index (χ3v) is 4.22. The molecule has 0 atom stereocenters. The van der Waals surface area contributed by atoms with Crippen LogP contribution in [0.1, 0.15) is 19.8 Å². The molecule has 0 radical (unpaired) electrons. The summed E-state index contributed by atoms with van der Waals surface area (Å²) in [4.78, 5) is 16.7. The van der Waals surface area contributed by atoms with E-state index in [1.807, 2.05) is 18.2 Å². The SMILES string of the molecule is CCN(CCN1CCCC1)CC(=O)Nc1ccccc1Cl. The molecular formula is C16H24ClN3O. The number of carbonyl (C=O) groups is 1. The van der Waals surface area contributed by atoms with Crippen LogP contribution in [0.2, 0.25) is 5.02 Å². The van der Waals surface area contributed by atoms with Crippen molar-refractivity contribution in [3.05, 3.63) is 29.3 Å². The molecule has 1 heterocycles. The maximum atomic E-state index is 12.1. The Morgan fingerprint density at radius 1 is 1.33 bits per heavy atom. The molecule has 2 rings (SSSR count). The average Bonchev–Trinajstić information content (AvgIpc) is 2.99. The number of amides is 1. The Balaban J connectivity index is 1.77. The normalized spacial score (nSPS) is 15.6. The van der Waals surface area contributed by atoms with Crippen LogP contribution in [0.15, 0.2) is 24.3 Å². The molecule has 116 valence electrons. The number of likely N-dealkylation sites (tertiary alicyclic amines) is 1. The topological polar surface area (TPSA) is 35.6 Å². The molecule has 1 aliphatic heterocycles. The molecule has 0 aliphatic carbocycles. The van der Waals surface area contributed by atoms with Gasteiger partial charge in [0.25, 0.3) is 0 Å². The molecule has 5 heteroatoms. The molecule has 1 N–H and O–H groups in total. The average molecular weight is 310 g/mol. The standard InChI is InChI=1S/C16H24ClN3O/c1-2-19(11-12-20-9-5-6-10-20)13-16(21)18-15-8-4-3-7-14(15)17/h3-4,7-8H,2,5-6,9-13H2,1H3,(H,18,21). The fourth-order valence-electron chi connectivity index (χ4n) is 2.59. The quantitative estimate of drug-likeness (QED) is 0.841. The molecule has 4 nitrogen and oxygen atoms in total. The summed E-state index contributed by atoms with van der Waals surface area (Å²) in [7, 11) is 0. The molecule has 1 aromatic carbocycles. The van der Waals surface area contributed by atoms with E-state index >= 15 is 0 Å². The summed E-state index contributed by atoms with van der Waals surface area (Å²) in [6, 6.07) is 7.32. The molecule has 1 aromatic rings. The second-order valence-electron chi connectivity index (χ2n) is 5.45. The Morgan fingerprint density at radius 2 is 2.05 bits per heavy atom. The molecule has 0 saturated carbocycles. The zero-order valence-electron chi connectivity index (χ0n) is 12.6. The lowest BCUT2D eigenvalue weighted by Gasteiger charge is -2.23. The third-order valence-electron chi connectivity index (χ3n) is 3.89. The minimum atomic E-state index is -0.00799. The maximum Gasteiger partial charge on any atom is 0.238 e. The molecule has 1 saturated heterocycles. The highest BCUT2D eigenvalue weighted by Gasteiger charge is 2.14. The summed E-state index contributed by atoms with van der Waals surface area (Å²) in [5, 5.41) is 3.45. The van der Waals surface area contributed by atoms with Gasteiger partial charge in [0.1, 0.15) is 0 Å². The molecule has 1 fully saturated rings. The highest BCUT2D eigenvalue weighted by Crippen LogP contribution is 2.20. The van der Waals surface area contributed by atoms with E-state index < -0.39 is 0 Å². The number of hydrogen-bond donors (Lipinski definition) is 1. The number of halogens is 1. The highest BCUT2D eigenvalue weighted by atomic mass is 35.5. The van der Waals surface area contributed by atoms with Crippen molar-refractivity contribution in [2.24, 2.45) is 0 Å². The minimum Gasteiger partial charge on any atom is -0.324 e. The monoisotopic (exact) mass is 309 g/mol.